The molecule has 1 aliphatic rings. The van der Waals surface area contributed by atoms with Crippen LogP contribution < -0.4 is 13.4 Å². The van der Waals surface area contributed by atoms with Crippen LogP contribution in [0.15, 0.2) is 95.5 Å². The van der Waals surface area contributed by atoms with Crippen molar-refractivity contribution >= 4 is 44.0 Å². The first kappa shape index (κ1) is 23.0. The van der Waals surface area contributed by atoms with Crippen LogP contribution in [-0.4, -0.2) is 13.3 Å². The Morgan fingerprint density at radius 1 is 0.763 bits per heavy atom. The normalized spacial score (nSPS) is 13.4. The van der Waals surface area contributed by atoms with Crippen molar-refractivity contribution in [2.24, 2.45) is 7.05 Å². The molecule has 38 heavy (non-hydrogen) atoms. The Morgan fingerprint density at radius 3 is 2.26 bits per heavy atom. The van der Waals surface area contributed by atoms with E-state index in [2.05, 4.69) is 109 Å². The topological polar surface area (TPSA) is 40.8 Å². The van der Waals surface area contributed by atoms with Crippen LogP contribution in [0.2, 0.25) is 11.5 Å². The van der Waals surface area contributed by atoms with E-state index in [1.165, 1.54) is 19.9 Å². The number of hydrogen-bond acceptors (Lipinski definition) is 2. The summed E-state index contributed by atoms with van der Waals surface area (Å²) in [6, 6.07) is 32.6. The fraction of sp³-hybridized carbons (Fsp3) is 0.118. The number of hydrogen-bond donors (Lipinski definition) is 0. The molecule has 0 radical (unpaired) electrons. The Morgan fingerprint density at radius 2 is 1.47 bits per heavy atom. The Bertz CT molecular complexity index is 1990. The first-order valence-electron chi connectivity index (χ1n) is 13.0. The number of fused-ring (bicyclic) bond motifs is 6. The zero-order valence-electron chi connectivity index (χ0n) is 22.0. The quantitative estimate of drug-likeness (QED) is 0.177. The Balaban J connectivity index is 1.54. The molecular formula is C34H27GeN2O+. The number of nitriles is 1. The molecule has 0 atom stereocenters. The van der Waals surface area contributed by atoms with Gasteiger partial charge in [-0.15, -0.1) is 0 Å². The van der Waals surface area contributed by atoms with Crippen molar-refractivity contribution in [3.8, 4) is 39.6 Å². The summed E-state index contributed by atoms with van der Waals surface area (Å²) in [4.78, 5) is 0. The average Bonchev–Trinajstić information content (AvgIpc) is 3.41. The summed E-state index contributed by atoms with van der Waals surface area (Å²) in [5, 5.41) is 12.3. The SMILES string of the molecule is Cc1ccc2c(oc3c(-c4cc[c]5c(c4)-c4cccc[c]4[Ge]5([CH3])[CH3])c(C#N)ccc32)c1-c1cccc[n+]1C. The molecule has 182 valence electrons. The summed E-state index contributed by atoms with van der Waals surface area (Å²) < 4.78 is 11.9. The molecular weight excluding hydrogens is 525 g/mol. The first-order valence-corrected chi connectivity index (χ1v) is 19.3. The van der Waals surface area contributed by atoms with Crippen molar-refractivity contribution < 1.29 is 8.98 Å². The van der Waals surface area contributed by atoms with E-state index in [1.807, 2.05) is 18.2 Å². The molecule has 0 aliphatic carbocycles. The summed E-state index contributed by atoms with van der Waals surface area (Å²) >= 11 is -2.35. The van der Waals surface area contributed by atoms with Crippen molar-refractivity contribution in [3.05, 3.63) is 102 Å². The Labute approximate surface area is 225 Å². The fourth-order valence-electron chi connectivity index (χ4n) is 6.36. The van der Waals surface area contributed by atoms with Gasteiger partial charge in [0.1, 0.15) is 0 Å². The summed E-state index contributed by atoms with van der Waals surface area (Å²) in [5.41, 5.74) is 10.2. The number of aryl methyl sites for hydroxylation is 2. The van der Waals surface area contributed by atoms with Gasteiger partial charge < -0.3 is 0 Å². The standard InChI is InChI=1S/C34H27GeN2O/c1-21-12-15-25-26-16-13-23(20-36)32(34(26)38-33(25)31(21)30-11-7-8-18-37(30)4)22-14-17-29-27(19-22)24-9-5-6-10-28(24)35(29,2)3/h5-19H,1-4H3/q+1. The molecule has 2 aromatic heterocycles. The van der Waals surface area contributed by atoms with Gasteiger partial charge in [-0.2, -0.15) is 0 Å². The van der Waals surface area contributed by atoms with E-state index >= 15 is 0 Å². The van der Waals surface area contributed by atoms with E-state index in [1.54, 1.807) is 0 Å². The van der Waals surface area contributed by atoms with Crippen LogP contribution in [0.3, 0.4) is 0 Å². The second-order valence-electron chi connectivity index (χ2n) is 10.8. The molecule has 0 saturated heterocycles. The van der Waals surface area contributed by atoms with E-state index in [4.69, 9.17) is 4.42 Å². The van der Waals surface area contributed by atoms with Crippen LogP contribution >= 0.6 is 0 Å². The molecule has 0 saturated carbocycles. The zero-order chi connectivity index (χ0) is 26.2. The van der Waals surface area contributed by atoms with E-state index in [0.717, 1.165) is 49.9 Å². The summed E-state index contributed by atoms with van der Waals surface area (Å²) in [6.45, 7) is 2.13. The van der Waals surface area contributed by atoms with E-state index in [0.29, 0.717) is 5.56 Å². The van der Waals surface area contributed by atoms with Gasteiger partial charge >= 0.3 is 219 Å². The number of aromatic nitrogens is 1. The van der Waals surface area contributed by atoms with Gasteiger partial charge in [0.25, 0.3) is 0 Å². The van der Waals surface area contributed by atoms with Crippen LogP contribution in [0.4, 0.5) is 0 Å². The molecule has 0 amide bonds. The number of furan rings is 1. The molecule has 0 N–H and O–H groups in total. The summed E-state index contributed by atoms with van der Waals surface area (Å²) in [5.74, 6) is 4.94. The van der Waals surface area contributed by atoms with Crippen molar-refractivity contribution in [3.63, 3.8) is 0 Å². The van der Waals surface area contributed by atoms with Crippen molar-refractivity contribution in [1.29, 1.82) is 5.26 Å². The van der Waals surface area contributed by atoms with E-state index in [-0.39, 0.29) is 0 Å². The molecule has 3 heterocycles. The van der Waals surface area contributed by atoms with Gasteiger partial charge in [0, 0.05) is 6.07 Å². The van der Waals surface area contributed by atoms with E-state index in [9.17, 15) is 5.26 Å². The molecule has 4 aromatic carbocycles. The fourth-order valence-corrected chi connectivity index (χ4v) is 12.8. The molecule has 0 fully saturated rings. The molecule has 1 aliphatic heterocycles. The predicted molar refractivity (Wildman–Crippen MR) is 157 cm³/mol. The van der Waals surface area contributed by atoms with Crippen molar-refractivity contribution in [1.82, 2.24) is 0 Å². The van der Waals surface area contributed by atoms with Gasteiger partial charge in [-0.1, -0.05) is 0 Å². The van der Waals surface area contributed by atoms with Gasteiger partial charge in [0.05, 0.1) is 0 Å². The molecule has 7 rings (SSSR count). The van der Waals surface area contributed by atoms with Gasteiger partial charge in [0.15, 0.2) is 0 Å². The van der Waals surface area contributed by atoms with Gasteiger partial charge in [-0.3, -0.25) is 0 Å². The number of pyridine rings is 1. The monoisotopic (exact) mass is 553 g/mol. The van der Waals surface area contributed by atoms with Crippen LogP contribution in [0, 0.1) is 18.3 Å². The number of benzene rings is 4. The first-order chi connectivity index (χ1) is 18.4. The number of rotatable bonds is 2. The number of nitrogens with zero attached hydrogens (tertiary/aromatic N) is 2. The molecule has 4 heteroatoms. The molecule has 0 bridgehead atoms. The molecule has 3 nitrogen and oxygen atoms in total. The average molecular weight is 552 g/mol. The summed E-state index contributed by atoms with van der Waals surface area (Å²) in [7, 11) is 2.06. The van der Waals surface area contributed by atoms with Crippen LogP contribution in [0.1, 0.15) is 11.1 Å². The third kappa shape index (κ3) is 3.11. The third-order valence-electron chi connectivity index (χ3n) is 8.32. The van der Waals surface area contributed by atoms with Crippen LogP contribution in [0.25, 0.3) is 55.4 Å². The Kier molecular flexibility index (Phi) is 4.95. The minimum atomic E-state index is -2.35. The van der Waals surface area contributed by atoms with Gasteiger partial charge in [-0.25, -0.2) is 0 Å². The van der Waals surface area contributed by atoms with Crippen molar-refractivity contribution in [2.75, 3.05) is 0 Å². The maximum absolute atomic E-state index is 10.2. The van der Waals surface area contributed by atoms with E-state index < -0.39 is 13.3 Å². The van der Waals surface area contributed by atoms with Crippen LogP contribution in [-0.2, 0) is 7.05 Å². The molecule has 0 spiro atoms. The summed E-state index contributed by atoms with van der Waals surface area (Å²) in [6.07, 6.45) is 2.06. The molecule has 0 unspecified atom stereocenters. The van der Waals surface area contributed by atoms with Crippen LogP contribution in [0.5, 0.6) is 0 Å². The van der Waals surface area contributed by atoms with Gasteiger partial charge in [-0.05, 0) is 0 Å². The second kappa shape index (κ2) is 8.18. The zero-order valence-corrected chi connectivity index (χ0v) is 24.1. The molecule has 6 aromatic rings. The second-order valence-corrected chi connectivity index (χ2v) is 19.9. The Hall–Kier alpha value is -4.14. The third-order valence-corrected chi connectivity index (χ3v) is 15.8. The van der Waals surface area contributed by atoms with Crippen molar-refractivity contribution in [2.45, 2.75) is 18.4 Å². The maximum atomic E-state index is 10.2. The predicted octanol–water partition coefficient (Wildman–Crippen LogP) is 6.73. The minimum absolute atomic E-state index is 0.632. The van der Waals surface area contributed by atoms with Gasteiger partial charge in [0.2, 0.25) is 0 Å².